The fourth-order valence-corrected chi connectivity index (χ4v) is 1.99. The highest BCUT2D eigenvalue weighted by Crippen LogP contribution is 2.08. The number of hydrogen-bond acceptors (Lipinski definition) is 4. The van der Waals surface area contributed by atoms with Crippen molar-refractivity contribution in [3.8, 4) is 0 Å². The van der Waals surface area contributed by atoms with Crippen LogP contribution in [0.1, 0.15) is 23.0 Å². The minimum Gasteiger partial charge on any atom is -0.461 e. The van der Waals surface area contributed by atoms with Crippen molar-refractivity contribution in [3.63, 3.8) is 0 Å². The first-order valence-electron chi connectivity index (χ1n) is 7.39. The van der Waals surface area contributed by atoms with Crippen LogP contribution in [0.4, 0.5) is 10.5 Å². The molecule has 122 valence electrons. The number of nitrogens with zero attached hydrogens (tertiary/aromatic N) is 2. The quantitative estimate of drug-likeness (QED) is 0.800. The Balaban J connectivity index is 1.76. The summed E-state index contributed by atoms with van der Waals surface area (Å²) in [6.45, 7) is 4.94. The Hall–Kier alpha value is -2.83. The smallest absolute Gasteiger partial charge is 0.358 e. The summed E-state index contributed by atoms with van der Waals surface area (Å²) in [6, 6.07) is 7.28. The molecule has 2 rings (SSSR count). The maximum Gasteiger partial charge on any atom is 0.358 e. The molecule has 1 aromatic carbocycles. The lowest BCUT2D eigenvalue weighted by atomic mass is 10.2. The van der Waals surface area contributed by atoms with E-state index in [0.717, 1.165) is 11.3 Å². The van der Waals surface area contributed by atoms with Crippen molar-refractivity contribution in [1.29, 1.82) is 0 Å². The van der Waals surface area contributed by atoms with E-state index in [-0.39, 0.29) is 11.7 Å². The summed E-state index contributed by atoms with van der Waals surface area (Å²) in [5, 5.41) is 5.51. The van der Waals surface area contributed by atoms with Crippen LogP contribution in [0.5, 0.6) is 0 Å². The van der Waals surface area contributed by atoms with Crippen LogP contribution in [0.3, 0.4) is 0 Å². The molecule has 0 radical (unpaired) electrons. The predicted octanol–water partition coefficient (Wildman–Crippen LogP) is 2.19. The largest absolute Gasteiger partial charge is 0.461 e. The van der Waals surface area contributed by atoms with Crippen molar-refractivity contribution in [1.82, 2.24) is 14.9 Å². The van der Waals surface area contributed by atoms with Gasteiger partial charge >= 0.3 is 12.0 Å². The van der Waals surface area contributed by atoms with Gasteiger partial charge in [-0.2, -0.15) is 0 Å². The molecule has 0 spiro atoms. The minimum absolute atomic E-state index is 0.260. The van der Waals surface area contributed by atoms with Crippen LogP contribution in [-0.2, 0) is 11.3 Å². The molecule has 0 aliphatic rings. The number of esters is 1. The fraction of sp³-hybridized carbons (Fsp3) is 0.312. The van der Waals surface area contributed by atoms with E-state index in [9.17, 15) is 9.59 Å². The van der Waals surface area contributed by atoms with E-state index in [1.807, 2.05) is 31.2 Å². The summed E-state index contributed by atoms with van der Waals surface area (Å²) in [6.07, 6.45) is 3.13. The van der Waals surface area contributed by atoms with E-state index in [4.69, 9.17) is 4.74 Å². The number of carbonyl (C=O) groups is 2. The molecule has 0 unspecified atom stereocenters. The van der Waals surface area contributed by atoms with Crippen LogP contribution >= 0.6 is 0 Å². The average molecular weight is 316 g/mol. The lowest BCUT2D eigenvalue weighted by Crippen LogP contribution is -2.31. The third kappa shape index (κ3) is 5.14. The van der Waals surface area contributed by atoms with Gasteiger partial charge in [0, 0.05) is 25.0 Å². The van der Waals surface area contributed by atoms with Gasteiger partial charge in [0.25, 0.3) is 0 Å². The molecule has 0 atom stereocenters. The number of hydrogen-bond donors (Lipinski definition) is 2. The van der Waals surface area contributed by atoms with E-state index in [1.165, 1.54) is 6.33 Å². The Labute approximate surface area is 134 Å². The molecule has 2 aromatic rings. The summed E-state index contributed by atoms with van der Waals surface area (Å²) < 4.78 is 6.59. The van der Waals surface area contributed by atoms with E-state index in [1.54, 1.807) is 17.7 Å². The number of anilines is 1. The van der Waals surface area contributed by atoms with Gasteiger partial charge in [-0.3, -0.25) is 0 Å². The Morgan fingerprint density at radius 1 is 1.35 bits per heavy atom. The van der Waals surface area contributed by atoms with Crippen LogP contribution in [-0.4, -0.2) is 34.7 Å². The summed E-state index contributed by atoms with van der Waals surface area (Å²) in [4.78, 5) is 27.3. The number of amides is 2. The topological polar surface area (TPSA) is 85.2 Å². The lowest BCUT2D eigenvalue weighted by molar-refractivity contribution is 0.0520. The average Bonchev–Trinajstić information content (AvgIpc) is 2.96. The van der Waals surface area contributed by atoms with Gasteiger partial charge in [0.2, 0.25) is 0 Å². The molecule has 7 heteroatoms. The molecular weight excluding hydrogens is 296 g/mol. The number of benzene rings is 1. The fourth-order valence-electron chi connectivity index (χ4n) is 1.99. The van der Waals surface area contributed by atoms with Gasteiger partial charge < -0.3 is 19.9 Å². The molecule has 1 aromatic heterocycles. The molecule has 1 heterocycles. The molecular formula is C16H20N4O3. The molecule has 2 amide bonds. The van der Waals surface area contributed by atoms with Crippen LogP contribution in [0.15, 0.2) is 36.8 Å². The standard InChI is InChI=1S/C16H20N4O3/c1-3-23-15(21)14-10-20(11-18-14)8-7-17-16(22)19-13-6-4-5-12(2)9-13/h4-6,9-11H,3,7-8H2,1-2H3,(H2,17,19,22). The van der Waals surface area contributed by atoms with Crippen molar-refractivity contribution in [2.45, 2.75) is 20.4 Å². The van der Waals surface area contributed by atoms with Gasteiger partial charge in [0.15, 0.2) is 5.69 Å². The highest BCUT2D eigenvalue weighted by molar-refractivity contribution is 5.89. The van der Waals surface area contributed by atoms with Crippen LogP contribution in [0, 0.1) is 6.92 Å². The molecule has 0 aliphatic carbocycles. The van der Waals surface area contributed by atoms with E-state index < -0.39 is 5.97 Å². The van der Waals surface area contributed by atoms with Gasteiger partial charge in [0.05, 0.1) is 12.9 Å². The van der Waals surface area contributed by atoms with Gasteiger partial charge in [-0.05, 0) is 31.5 Å². The van der Waals surface area contributed by atoms with Crippen molar-refractivity contribution < 1.29 is 14.3 Å². The van der Waals surface area contributed by atoms with Crippen LogP contribution < -0.4 is 10.6 Å². The summed E-state index contributed by atoms with van der Waals surface area (Å²) in [5.41, 5.74) is 2.08. The molecule has 0 bridgehead atoms. The van der Waals surface area contributed by atoms with Gasteiger partial charge in [0.1, 0.15) is 0 Å². The zero-order valence-corrected chi connectivity index (χ0v) is 13.2. The van der Waals surface area contributed by atoms with Crippen LogP contribution in [0.2, 0.25) is 0 Å². The monoisotopic (exact) mass is 316 g/mol. The predicted molar refractivity (Wildman–Crippen MR) is 86.4 cm³/mol. The van der Waals surface area contributed by atoms with Crippen molar-refractivity contribution in [2.24, 2.45) is 0 Å². The second-order valence-electron chi connectivity index (χ2n) is 4.97. The zero-order chi connectivity index (χ0) is 16.7. The van der Waals surface area contributed by atoms with Crippen molar-refractivity contribution >= 4 is 17.7 Å². The number of aromatic nitrogens is 2. The zero-order valence-electron chi connectivity index (χ0n) is 13.2. The normalized spacial score (nSPS) is 10.2. The van der Waals surface area contributed by atoms with E-state index >= 15 is 0 Å². The Morgan fingerprint density at radius 2 is 2.17 bits per heavy atom. The second kappa shape index (κ2) is 7.98. The first kappa shape index (κ1) is 16.5. The third-order valence-electron chi connectivity index (χ3n) is 3.05. The molecule has 2 N–H and O–H groups in total. The minimum atomic E-state index is -0.448. The molecule has 0 fully saturated rings. The Morgan fingerprint density at radius 3 is 2.91 bits per heavy atom. The maximum atomic E-state index is 11.8. The SMILES string of the molecule is CCOC(=O)c1cn(CCNC(=O)Nc2cccc(C)c2)cn1. The van der Waals surface area contributed by atoms with Crippen LogP contribution in [0.25, 0.3) is 0 Å². The first-order chi connectivity index (χ1) is 11.1. The molecule has 0 saturated carbocycles. The molecule has 7 nitrogen and oxygen atoms in total. The number of rotatable bonds is 6. The number of aryl methyl sites for hydroxylation is 1. The van der Waals surface area contributed by atoms with Crippen molar-refractivity contribution in [3.05, 3.63) is 48.0 Å². The first-order valence-corrected chi connectivity index (χ1v) is 7.39. The Kier molecular flexibility index (Phi) is 5.74. The highest BCUT2D eigenvalue weighted by Gasteiger charge is 2.09. The molecule has 0 aliphatic heterocycles. The molecule has 0 saturated heterocycles. The third-order valence-corrected chi connectivity index (χ3v) is 3.05. The van der Waals surface area contributed by atoms with Gasteiger partial charge in [-0.15, -0.1) is 0 Å². The summed E-state index contributed by atoms with van der Waals surface area (Å²) in [7, 11) is 0. The second-order valence-corrected chi connectivity index (χ2v) is 4.97. The van der Waals surface area contributed by atoms with Gasteiger partial charge in [-0.25, -0.2) is 14.6 Å². The summed E-state index contributed by atoms with van der Waals surface area (Å²) in [5.74, 6) is -0.448. The van der Waals surface area contributed by atoms with E-state index in [0.29, 0.717) is 19.7 Å². The lowest BCUT2D eigenvalue weighted by Gasteiger charge is -2.08. The van der Waals surface area contributed by atoms with Gasteiger partial charge in [-0.1, -0.05) is 12.1 Å². The number of nitrogens with one attached hydrogen (secondary N) is 2. The molecule has 23 heavy (non-hydrogen) atoms. The highest BCUT2D eigenvalue weighted by atomic mass is 16.5. The summed E-state index contributed by atoms with van der Waals surface area (Å²) >= 11 is 0. The number of ether oxygens (including phenoxy) is 1. The van der Waals surface area contributed by atoms with Crippen molar-refractivity contribution in [2.75, 3.05) is 18.5 Å². The number of imidazole rings is 1. The number of urea groups is 1. The Bertz CT molecular complexity index is 681. The maximum absolute atomic E-state index is 11.8. The van der Waals surface area contributed by atoms with E-state index in [2.05, 4.69) is 15.6 Å². The number of carbonyl (C=O) groups excluding carboxylic acids is 2.